The highest BCUT2D eigenvalue weighted by Crippen LogP contribution is 2.27. The molecule has 6 heteroatoms. The Hall–Kier alpha value is -3.85. The van der Waals surface area contributed by atoms with Crippen molar-refractivity contribution in [1.82, 2.24) is 0 Å². The quantitative estimate of drug-likeness (QED) is 0.491. The maximum atomic E-state index is 13.9. The summed E-state index contributed by atoms with van der Waals surface area (Å²) < 4.78 is 30.3. The van der Waals surface area contributed by atoms with Crippen LogP contribution in [0.3, 0.4) is 0 Å². The molecule has 0 aliphatic heterocycles. The second-order valence-electron chi connectivity index (χ2n) is 6.49. The van der Waals surface area contributed by atoms with E-state index >= 15 is 0 Å². The molecule has 0 heterocycles. The highest BCUT2D eigenvalue weighted by Gasteiger charge is 2.16. The fraction of sp³-hybridized carbons (Fsp3) is 0.167. The molecule has 5 nitrogen and oxygen atoms in total. The van der Waals surface area contributed by atoms with Crippen molar-refractivity contribution >= 4 is 5.97 Å². The molecular formula is C24H20FNO4. The third-order valence-electron chi connectivity index (χ3n) is 4.24. The predicted molar refractivity (Wildman–Crippen MR) is 109 cm³/mol. The number of carbonyl (C=O) groups is 1. The molecule has 0 saturated heterocycles. The Balaban J connectivity index is 1.49. The molecule has 0 N–H and O–H groups in total. The molecule has 0 unspecified atom stereocenters. The van der Waals surface area contributed by atoms with Gasteiger partial charge < -0.3 is 14.2 Å². The van der Waals surface area contributed by atoms with Gasteiger partial charge >= 0.3 is 5.97 Å². The van der Waals surface area contributed by atoms with Gasteiger partial charge in [-0.3, -0.25) is 0 Å². The highest BCUT2D eigenvalue weighted by molar-refractivity contribution is 5.74. The van der Waals surface area contributed by atoms with Gasteiger partial charge in [-0.25, -0.2) is 9.18 Å². The number of hydrogen-bond acceptors (Lipinski definition) is 5. The molecule has 0 fully saturated rings. The molecule has 0 radical (unpaired) electrons. The van der Waals surface area contributed by atoms with Crippen molar-refractivity contribution < 1.29 is 23.4 Å². The van der Waals surface area contributed by atoms with Crippen LogP contribution in [-0.4, -0.2) is 18.7 Å². The van der Waals surface area contributed by atoms with Crippen LogP contribution in [0.15, 0.2) is 72.8 Å². The van der Waals surface area contributed by atoms with E-state index in [0.29, 0.717) is 17.9 Å². The average Bonchev–Trinajstić information content (AvgIpc) is 2.77. The van der Waals surface area contributed by atoms with Gasteiger partial charge in [0.1, 0.15) is 11.5 Å². The van der Waals surface area contributed by atoms with Crippen molar-refractivity contribution in [1.29, 1.82) is 5.26 Å². The molecule has 152 valence electrons. The molecule has 0 aliphatic rings. The van der Waals surface area contributed by atoms with E-state index in [2.05, 4.69) is 0 Å². The van der Waals surface area contributed by atoms with Gasteiger partial charge in [0.2, 0.25) is 0 Å². The average molecular weight is 405 g/mol. The fourth-order valence-electron chi connectivity index (χ4n) is 2.65. The number of halogens is 1. The largest absolute Gasteiger partial charge is 0.479 e. The standard InChI is InChI=1S/C24H20FNO4/c1-17(24(27)28-14-13-18-5-3-2-4-6-18)29-20-8-10-21(11-9-20)30-23-12-7-19(16-26)15-22(23)25/h2-12,15,17H,13-14H2,1H3/t17-/m1/s1. The highest BCUT2D eigenvalue weighted by atomic mass is 19.1. The lowest BCUT2D eigenvalue weighted by atomic mass is 10.2. The van der Waals surface area contributed by atoms with Gasteiger partial charge in [0.25, 0.3) is 0 Å². The van der Waals surface area contributed by atoms with Crippen LogP contribution >= 0.6 is 0 Å². The van der Waals surface area contributed by atoms with E-state index in [0.717, 1.165) is 11.6 Å². The molecule has 0 amide bonds. The van der Waals surface area contributed by atoms with Crippen LogP contribution in [0.25, 0.3) is 0 Å². The van der Waals surface area contributed by atoms with E-state index in [1.54, 1.807) is 31.2 Å². The van der Waals surface area contributed by atoms with Crippen LogP contribution in [0.2, 0.25) is 0 Å². The van der Waals surface area contributed by atoms with E-state index in [-0.39, 0.29) is 17.9 Å². The molecule has 0 spiro atoms. The van der Waals surface area contributed by atoms with Crippen molar-refractivity contribution in [2.24, 2.45) is 0 Å². The smallest absolute Gasteiger partial charge is 0.347 e. The van der Waals surface area contributed by atoms with Crippen LogP contribution in [0.4, 0.5) is 4.39 Å². The Kier molecular flexibility index (Phi) is 7.01. The lowest BCUT2D eigenvalue weighted by Gasteiger charge is -2.14. The first-order valence-electron chi connectivity index (χ1n) is 9.40. The van der Waals surface area contributed by atoms with Gasteiger partial charge in [-0.1, -0.05) is 30.3 Å². The molecule has 3 aromatic rings. The van der Waals surface area contributed by atoms with E-state index < -0.39 is 17.9 Å². The first-order chi connectivity index (χ1) is 14.5. The predicted octanol–water partition coefficient (Wildman–Crippen LogP) is 5.04. The van der Waals surface area contributed by atoms with E-state index in [1.807, 2.05) is 36.4 Å². The van der Waals surface area contributed by atoms with Crippen molar-refractivity contribution in [3.05, 3.63) is 89.7 Å². The van der Waals surface area contributed by atoms with Gasteiger partial charge in [-0.15, -0.1) is 0 Å². The molecule has 1 atom stereocenters. The van der Waals surface area contributed by atoms with Gasteiger partial charge in [0.15, 0.2) is 17.7 Å². The minimum Gasteiger partial charge on any atom is -0.479 e. The third kappa shape index (κ3) is 5.82. The summed E-state index contributed by atoms with van der Waals surface area (Å²) in [4.78, 5) is 12.1. The minimum absolute atomic E-state index is 0.0121. The summed E-state index contributed by atoms with van der Waals surface area (Å²) in [5, 5.41) is 8.78. The zero-order chi connectivity index (χ0) is 21.3. The van der Waals surface area contributed by atoms with Crippen molar-refractivity contribution in [3.63, 3.8) is 0 Å². The van der Waals surface area contributed by atoms with Crippen LogP contribution in [0.1, 0.15) is 18.1 Å². The topological polar surface area (TPSA) is 68.5 Å². The zero-order valence-corrected chi connectivity index (χ0v) is 16.4. The number of nitriles is 1. The molecular weight excluding hydrogens is 385 g/mol. The monoisotopic (exact) mass is 405 g/mol. The van der Waals surface area contributed by atoms with Crippen LogP contribution in [0, 0.1) is 17.1 Å². The summed E-state index contributed by atoms with van der Waals surface area (Å²) >= 11 is 0. The molecule has 0 aliphatic carbocycles. The first-order valence-corrected chi connectivity index (χ1v) is 9.40. The Labute approximate surface area is 174 Å². The molecule has 3 rings (SSSR count). The number of benzene rings is 3. The van der Waals surface area contributed by atoms with E-state index in [9.17, 15) is 9.18 Å². The van der Waals surface area contributed by atoms with Gasteiger partial charge in [0, 0.05) is 6.42 Å². The van der Waals surface area contributed by atoms with Gasteiger partial charge in [-0.05, 0) is 55.0 Å². The fourth-order valence-corrected chi connectivity index (χ4v) is 2.65. The number of carbonyl (C=O) groups excluding carboxylic acids is 1. The molecule has 0 bridgehead atoms. The van der Waals surface area contributed by atoms with Crippen LogP contribution < -0.4 is 9.47 Å². The number of rotatable bonds is 8. The maximum Gasteiger partial charge on any atom is 0.347 e. The third-order valence-corrected chi connectivity index (χ3v) is 4.24. The Bertz CT molecular complexity index is 1030. The summed E-state index contributed by atoms with van der Waals surface area (Å²) in [5.74, 6) is -0.218. The Morgan fingerprint density at radius 2 is 1.73 bits per heavy atom. The van der Waals surface area contributed by atoms with Crippen molar-refractivity contribution in [2.45, 2.75) is 19.4 Å². The molecule has 3 aromatic carbocycles. The van der Waals surface area contributed by atoms with Gasteiger partial charge in [-0.2, -0.15) is 5.26 Å². The van der Waals surface area contributed by atoms with Gasteiger partial charge in [0.05, 0.1) is 18.2 Å². The summed E-state index contributed by atoms with van der Waals surface area (Å²) in [6.07, 6.45) is -0.138. The first kappa shape index (κ1) is 20.9. The SMILES string of the molecule is C[C@@H](Oc1ccc(Oc2ccc(C#N)cc2F)cc1)C(=O)OCCc1ccccc1. The summed E-state index contributed by atoms with van der Waals surface area (Å²) in [6, 6.07) is 22.0. The van der Waals surface area contributed by atoms with E-state index in [1.165, 1.54) is 12.1 Å². The summed E-state index contributed by atoms with van der Waals surface area (Å²) in [6.45, 7) is 1.89. The normalized spacial score (nSPS) is 11.2. The van der Waals surface area contributed by atoms with Crippen molar-refractivity contribution in [3.8, 4) is 23.3 Å². The number of hydrogen-bond donors (Lipinski definition) is 0. The molecule has 0 saturated carbocycles. The molecule has 0 aromatic heterocycles. The zero-order valence-electron chi connectivity index (χ0n) is 16.4. The Morgan fingerprint density at radius 3 is 2.40 bits per heavy atom. The Morgan fingerprint density at radius 1 is 1.03 bits per heavy atom. The number of nitrogens with zero attached hydrogens (tertiary/aromatic N) is 1. The number of esters is 1. The summed E-state index contributed by atoms with van der Waals surface area (Å²) in [7, 11) is 0. The summed E-state index contributed by atoms with van der Waals surface area (Å²) in [5.41, 5.74) is 1.31. The van der Waals surface area contributed by atoms with Crippen LogP contribution in [0.5, 0.6) is 17.2 Å². The lowest BCUT2D eigenvalue weighted by molar-refractivity contribution is -0.151. The number of ether oxygens (including phenoxy) is 3. The molecule has 30 heavy (non-hydrogen) atoms. The van der Waals surface area contributed by atoms with Crippen molar-refractivity contribution in [2.75, 3.05) is 6.61 Å². The second kappa shape index (κ2) is 10.1. The lowest BCUT2D eigenvalue weighted by Crippen LogP contribution is -2.26. The van der Waals surface area contributed by atoms with E-state index in [4.69, 9.17) is 19.5 Å². The maximum absolute atomic E-state index is 13.9. The minimum atomic E-state index is -0.775. The second-order valence-corrected chi connectivity index (χ2v) is 6.49. The van der Waals surface area contributed by atoms with Crippen LogP contribution in [-0.2, 0) is 16.0 Å².